The van der Waals surface area contributed by atoms with Gasteiger partial charge >= 0.3 is 0 Å². The average molecular weight is 436 g/mol. The number of anilines is 1. The van der Waals surface area contributed by atoms with E-state index in [0.717, 1.165) is 5.75 Å². The molecule has 1 N–H and O–H groups in total. The fourth-order valence-corrected chi connectivity index (χ4v) is 3.92. The van der Waals surface area contributed by atoms with Gasteiger partial charge in [0.15, 0.2) is 0 Å². The van der Waals surface area contributed by atoms with Crippen molar-refractivity contribution in [2.45, 2.75) is 19.3 Å². The first-order chi connectivity index (χ1) is 15.1. The molecule has 1 aromatic heterocycles. The van der Waals surface area contributed by atoms with E-state index in [1.165, 1.54) is 16.2 Å². The molecule has 1 aliphatic heterocycles. The quantitative estimate of drug-likeness (QED) is 0.408. The standard InChI is InChI=1S/C22H20N4O4S/c27-18(11-6-14-30-15-7-2-1-3-8-15)23-22-25-24-19(31-22)12-13-26-20(28)16-9-4-5-10-17(16)21(26)29/h1-5,7-10H,6,11-14H2,(H,23,25,27). The Bertz CT molecular complexity index is 1060. The molecule has 3 amide bonds. The summed E-state index contributed by atoms with van der Waals surface area (Å²) in [7, 11) is 0. The minimum Gasteiger partial charge on any atom is -0.494 e. The maximum atomic E-state index is 12.4. The molecule has 0 fully saturated rings. The van der Waals surface area contributed by atoms with Gasteiger partial charge in [0.25, 0.3) is 11.8 Å². The topological polar surface area (TPSA) is 101 Å². The van der Waals surface area contributed by atoms with Crippen molar-refractivity contribution in [3.05, 3.63) is 70.7 Å². The number of hydrogen-bond acceptors (Lipinski definition) is 7. The largest absolute Gasteiger partial charge is 0.494 e. The van der Waals surface area contributed by atoms with E-state index in [0.29, 0.717) is 47.1 Å². The molecule has 0 aliphatic carbocycles. The average Bonchev–Trinajstić information content (AvgIpc) is 3.33. The van der Waals surface area contributed by atoms with E-state index < -0.39 is 0 Å². The molecule has 2 heterocycles. The van der Waals surface area contributed by atoms with Gasteiger partial charge in [-0.15, -0.1) is 10.2 Å². The van der Waals surface area contributed by atoms with Crippen LogP contribution in [0.5, 0.6) is 5.75 Å². The molecule has 0 saturated heterocycles. The highest BCUT2D eigenvalue weighted by Gasteiger charge is 2.34. The molecule has 1 aliphatic rings. The number of aromatic nitrogens is 2. The number of hydrogen-bond donors (Lipinski definition) is 1. The van der Waals surface area contributed by atoms with Crippen molar-refractivity contribution < 1.29 is 19.1 Å². The van der Waals surface area contributed by atoms with Gasteiger partial charge in [-0.2, -0.15) is 0 Å². The normalized spacial score (nSPS) is 12.7. The number of fused-ring (bicyclic) bond motifs is 1. The van der Waals surface area contributed by atoms with Gasteiger partial charge in [-0.25, -0.2) is 0 Å². The SMILES string of the molecule is O=C(CCCOc1ccccc1)Nc1nnc(CCN2C(=O)c3ccccc3C2=O)s1. The summed E-state index contributed by atoms with van der Waals surface area (Å²) in [6.45, 7) is 0.658. The van der Waals surface area contributed by atoms with Crippen molar-refractivity contribution in [2.24, 2.45) is 0 Å². The summed E-state index contributed by atoms with van der Waals surface area (Å²) in [5.41, 5.74) is 0.850. The Kier molecular flexibility index (Phi) is 6.32. The lowest BCUT2D eigenvalue weighted by Gasteiger charge is -2.12. The smallest absolute Gasteiger partial charge is 0.261 e. The number of imide groups is 1. The molecule has 4 rings (SSSR count). The zero-order valence-electron chi connectivity index (χ0n) is 16.6. The second kappa shape index (κ2) is 9.48. The summed E-state index contributed by atoms with van der Waals surface area (Å²) < 4.78 is 5.57. The van der Waals surface area contributed by atoms with Gasteiger partial charge in [0.1, 0.15) is 10.8 Å². The molecule has 0 spiro atoms. The molecule has 0 atom stereocenters. The molecule has 158 valence electrons. The van der Waals surface area contributed by atoms with Gasteiger partial charge in [0.2, 0.25) is 11.0 Å². The van der Waals surface area contributed by atoms with Crippen LogP contribution in [-0.4, -0.2) is 46.0 Å². The number of ether oxygens (including phenoxy) is 1. The van der Waals surface area contributed by atoms with Crippen molar-refractivity contribution in [1.82, 2.24) is 15.1 Å². The Labute approximate surface area is 182 Å². The predicted molar refractivity (Wildman–Crippen MR) is 115 cm³/mol. The van der Waals surface area contributed by atoms with E-state index in [9.17, 15) is 14.4 Å². The molecule has 31 heavy (non-hydrogen) atoms. The Balaban J connectivity index is 1.21. The lowest BCUT2D eigenvalue weighted by atomic mass is 10.1. The summed E-state index contributed by atoms with van der Waals surface area (Å²) in [5, 5.41) is 11.8. The zero-order chi connectivity index (χ0) is 21.6. The molecule has 9 heteroatoms. The van der Waals surface area contributed by atoms with E-state index in [2.05, 4.69) is 15.5 Å². The van der Waals surface area contributed by atoms with Gasteiger partial charge in [-0.3, -0.25) is 19.3 Å². The highest BCUT2D eigenvalue weighted by atomic mass is 32.1. The number of benzene rings is 2. The lowest BCUT2D eigenvalue weighted by Crippen LogP contribution is -2.31. The van der Waals surface area contributed by atoms with Crippen LogP contribution in [0.3, 0.4) is 0 Å². The van der Waals surface area contributed by atoms with E-state index in [4.69, 9.17) is 4.74 Å². The number of para-hydroxylation sites is 1. The van der Waals surface area contributed by atoms with Crippen LogP contribution in [0.2, 0.25) is 0 Å². The second-order valence-corrected chi connectivity index (χ2v) is 7.93. The Morgan fingerprint density at radius 2 is 1.65 bits per heavy atom. The summed E-state index contributed by atoms with van der Waals surface area (Å²) in [4.78, 5) is 38.1. The van der Waals surface area contributed by atoms with Crippen LogP contribution >= 0.6 is 11.3 Å². The molecule has 0 saturated carbocycles. The number of nitrogens with zero attached hydrogens (tertiary/aromatic N) is 3. The Morgan fingerprint density at radius 3 is 2.35 bits per heavy atom. The van der Waals surface area contributed by atoms with Gasteiger partial charge in [-0.05, 0) is 30.7 Å². The van der Waals surface area contributed by atoms with Gasteiger partial charge in [0, 0.05) is 19.4 Å². The number of carbonyl (C=O) groups is 3. The van der Waals surface area contributed by atoms with Crippen molar-refractivity contribution in [3.63, 3.8) is 0 Å². The molecular weight excluding hydrogens is 416 g/mol. The Morgan fingerprint density at radius 1 is 0.968 bits per heavy atom. The highest BCUT2D eigenvalue weighted by molar-refractivity contribution is 7.15. The number of amides is 3. The van der Waals surface area contributed by atoms with Crippen LogP contribution in [0.25, 0.3) is 0 Å². The third-order valence-electron chi connectivity index (χ3n) is 4.70. The van der Waals surface area contributed by atoms with Crippen LogP contribution in [0.15, 0.2) is 54.6 Å². The second-order valence-electron chi connectivity index (χ2n) is 6.87. The third kappa shape index (κ3) is 4.95. The molecule has 2 aromatic carbocycles. The molecule has 0 bridgehead atoms. The van der Waals surface area contributed by atoms with Gasteiger partial charge < -0.3 is 10.1 Å². The van der Waals surface area contributed by atoms with Crippen LogP contribution in [-0.2, 0) is 11.2 Å². The molecule has 8 nitrogen and oxygen atoms in total. The zero-order valence-corrected chi connectivity index (χ0v) is 17.4. The first-order valence-electron chi connectivity index (χ1n) is 9.87. The first-order valence-corrected chi connectivity index (χ1v) is 10.7. The summed E-state index contributed by atoms with van der Waals surface area (Å²) >= 11 is 1.23. The van der Waals surface area contributed by atoms with E-state index >= 15 is 0 Å². The maximum absolute atomic E-state index is 12.4. The number of carbonyl (C=O) groups excluding carboxylic acids is 3. The van der Waals surface area contributed by atoms with Crippen LogP contribution in [0.4, 0.5) is 5.13 Å². The molecule has 0 radical (unpaired) electrons. The van der Waals surface area contributed by atoms with Crippen molar-refractivity contribution in [3.8, 4) is 5.75 Å². The summed E-state index contributed by atoms with van der Waals surface area (Å²) in [6.07, 6.45) is 1.26. The van der Waals surface area contributed by atoms with E-state index in [-0.39, 0.29) is 24.3 Å². The minimum absolute atomic E-state index is 0.167. The van der Waals surface area contributed by atoms with Gasteiger partial charge in [0.05, 0.1) is 17.7 Å². The fraction of sp³-hybridized carbons (Fsp3) is 0.227. The van der Waals surface area contributed by atoms with E-state index in [1.54, 1.807) is 24.3 Å². The summed E-state index contributed by atoms with van der Waals surface area (Å²) in [5.74, 6) is 0.0159. The summed E-state index contributed by atoms with van der Waals surface area (Å²) in [6, 6.07) is 16.2. The Hall–Kier alpha value is -3.59. The highest BCUT2D eigenvalue weighted by Crippen LogP contribution is 2.23. The predicted octanol–water partition coefficient (Wildman–Crippen LogP) is 3.17. The van der Waals surface area contributed by atoms with Crippen LogP contribution in [0, 0.1) is 0 Å². The molecular formula is C22H20N4O4S. The lowest BCUT2D eigenvalue weighted by molar-refractivity contribution is -0.116. The number of nitrogens with one attached hydrogen (secondary N) is 1. The van der Waals surface area contributed by atoms with Crippen molar-refractivity contribution >= 4 is 34.2 Å². The fourth-order valence-electron chi connectivity index (χ4n) is 3.18. The van der Waals surface area contributed by atoms with Crippen molar-refractivity contribution in [2.75, 3.05) is 18.5 Å². The molecule has 3 aromatic rings. The van der Waals surface area contributed by atoms with E-state index in [1.807, 2.05) is 30.3 Å². The minimum atomic E-state index is -0.295. The maximum Gasteiger partial charge on any atom is 0.261 e. The monoisotopic (exact) mass is 436 g/mol. The van der Waals surface area contributed by atoms with Crippen LogP contribution in [0.1, 0.15) is 38.6 Å². The van der Waals surface area contributed by atoms with Gasteiger partial charge in [-0.1, -0.05) is 41.7 Å². The first kappa shape index (κ1) is 20.7. The molecule has 0 unspecified atom stereocenters. The number of rotatable bonds is 9. The van der Waals surface area contributed by atoms with Crippen LogP contribution < -0.4 is 10.1 Å². The third-order valence-corrected chi connectivity index (χ3v) is 5.60. The van der Waals surface area contributed by atoms with Crippen molar-refractivity contribution in [1.29, 1.82) is 0 Å².